The quantitative estimate of drug-likeness (QED) is 0.916. The number of hydrogen-bond acceptors (Lipinski definition) is 2. The number of nitriles is 1. The van der Waals surface area contributed by atoms with Crippen LogP contribution in [0.5, 0.6) is 0 Å². The summed E-state index contributed by atoms with van der Waals surface area (Å²) < 4.78 is 19.6. The van der Waals surface area contributed by atoms with Gasteiger partial charge in [0, 0.05) is 0 Å². The van der Waals surface area contributed by atoms with Crippen molar-refractivity contribution in [2.45, 2.75) is 25.0 Å². The maximum atomic E-state index is 13.4. The highest BCUT2D eigenvalue weighted by Crippen LogP contribution is 2.45. The number of rotatable bonds is 5. The Morgan fingerprint density at radius 2 is 1.96 bits per heavy atom. The number of benzene rings is 2. The fraction of sp³-hybridized carbons (Fsp3) is 0.350. The lowest BCUT2D eigenvalue weighted by molar-refractivity contribution is -0.858. The predicted octanol–water partition coefficient (Wildman–Crippen LogP) is 2.40. The molecule has 24 heavy (non-hydrogen) atoms. The lowest BCUT2D eigenvalue weighted by Crippen LogP contribution is -3.05. The van der Waals surface area contributed by atoms with Gasteiger partial charge >= 0.3 is 0 Å². The largest absolute Gasteiger partial charge is 0.361 e. The fourth-order valence-corrected chi connectivity index (χ4v) is 3.46. The molecule has 3 nitrogen and oxygen atoms in total. The van der Waals surface area contributed by atoms with Crippen LogP contribution in [-0.4, -0.2) is 20.6 Å². The Hall–Kier alpha value is -2.22. The molecule has 0 unspecified atom stereocenters. The number of quaternary nitrogens is 1. The van der Waals surface area contributed by atoms with Crippen LogP contribution in [0.25, 0.3) is 0 Å². The molecule has 0 amide bonds. The molecule has 1 aliphatic rings. The minimum atomic E-state index is -0.549. The molecule has 0 saturated heterocycles. The Morgan fingerprint density at radius 3 is 2.62 bits per heavy atom. The van der Waals surface area contributed by atoms with E-state index in [9.17, 15) is 4.39 Å². The van der Waals surface area contributed by atoms with Gasteiger partial charge in [-0.05, 0) is 53.8 Å². The van der Waals surface area contributed by atoms with Crippen molar-refractivity contribution in [2.24, 2.45) is 0 Å². The molecule has 0 saturated carbocycles. The second-order valence-corrected chi connectivity index (χ2v) is 6.67. The van der Waals surface area contributed by atoms with E-state index in [4.69, 9.17) is 10.00 Å². The number of nitrogens with one attached hydrogen (secondary N) is 1. The van der Waals surface area contributed by atoms with Crippen molar-refractivity contribution in [2.75, 3.05) is 20.6 Å². The van der Waals surface area contributed by atoms with Gasteiger partial charge < -0.3 is 9.64 Å². The van der Waals surface area contributed by atoms with Crippen LogP contribution in [0.2, 0.25) is 0 Å². The Bertz CT molecular complexity index is 764. The summed E-state index contributed by atoms with van der Waals surface area (Å²) in [6, 6.07) is 14.5. The van der Waals surface area contributed by atoms with Crippen LogP contribution < -0.4 is 4.90 Å². The van der Waals surface area contributed by atoms with Crippen LogP contribution in [-0.2, 0) is 16.9 Å². The second kappa shape index (κ2) is 6.72. The number of fused-ring (bicyclic) bond motifs is 1. The lowest BCUT2D eigenvalue weighted by atomic mass is 9.81. The van der Waals surface area contributed by atoms with E-state index in [2.05, 4.69) is 20.2 Å². The smallest absolute Gasteiger partial charge is 0.123 e. The van der Waals surface area contributed by atoms with Crippen molar-refractivity contribution in [1.82, 2.24) is 0 Å². The summed E-state index contributed by atoms with van der Waals surface area (Å²) in [5.74, 6) is -0.246. The summed E-state index contributed by atoms with van der Waals surface area (Å²) in [7, 11) is 4.26. The highest BCUT2D eigenvalue weighted by molar-refractivity contribution is 5.47. The molecule has 2 aromatic rings. The summed E-state index contributed by atoms with van der Waals surface area (Å²) in [6.45, 7) is 1.52. The predicted molar refractivity (Wildman–Crippen MR) is 90.0 cm³/mol. The molecule has 1 heterocycles. The number of nitrogens with zero attached hydrogens (tertiary/aromatic N) is 1. The van der Waals surface area contributed by atoms with Crippen molar-refractivity contribution < 1.29 is 14.0 Å². The van der Waals surface area contributed by atoms with Gasteiger partial charge in [-0.1, -0.05) is 18.2 Å². The van der Waals surface area contributed by atoms with E-state index in [1.165, 1.54) is 17.0 Å². The van der Waals surface area contributed by atoms with Gasteiger partial charge in [0.15, 0.2) is 0 Å². The molecule has 0 aromatic heterocycles. The van der Waals surface area contributed by atoms with Crippen molar-refractivity contribution >= 4 is 0 Å². The van der Waals surface area contributed by atoms with Gasteiger partial charge in [0.25, 0.3) is 0 Å². The highest BCUT2D eigenvalue weighted by atomic mass is 19.1. The van der Waals surface area contributed by atoms with Crippen molar-refractivity contribution in [3.63, 3.8) is 0 Å². The highest BCUT2D eigenvalue weighted by Gasteiger charge is 2.41. The van der Waals surface area contributed by atoms with E-state index in [1.54, 1.807) is 0 Å². The van der Waals surface area contributed by atoms with E-state index in [-0.39, 0.29) is 5.82 Å². The van der Waals surface area contributed by atoms with E-state index < -0.39 is 5.60 Å². The Balaban J connectivity index is 2.02. The van der Waals surface area contributed by atoms with E-state index in [1.807, 2.05) is 30.3 Å². The van der Waals surface area contributed by atoms with Crippen LogP contribution in [0.4, 0.5) is 4.39 Å². The number of halogens is 1. The first-order valence-corrected chi connectivity index (χ1v) is 8.28. The molecular weight excluding hydrogens is 303 g/mol. The Kier molecular flexibility index (Phi) is 4.66. The lowest BCUT2D eigenvalue weighted by Gasteiger charge is -2.30. The first kappa shape index (κ1) is 16.6. The van der Waals surface area contributed by atoms with Gasteiger partial charge in [-0.2, -0.15) is 5.26 Å². The third kappa shape index (κ3) is 3.06. The Morgan fingerprint density at radius 1 is 1.21 bits per heavy atom. The van der Waals surface area contributed by atoms with Crippen LogP contribution in [0, 0.1) is 17.1 Å². The average Bonchev–Trinajstić information content (AvgIpc) is 2.94. The summed E-state index contributed by atoms with van der Waals surface area (Å²) in [5.41, 5.74) is 3.22. The minimum absolute atomic E-state index is 0.246. The molecule has 0 fully saturated rings. The molecule has 2 aromatic carbocycles. The molecule has 1 aliphatic heterocycles. The third-order valence-electron chi connectivity index (χ3n) is 4.66. The molecule has 1 atom stereocenters. The third-order valence-corrected chi connectivity index (χ3v) is 4.66. The molecule has 3 rings (SSSR count). The molecule has 0 spiro atoms. The molecule has 0 bridgehead atoms. The van der Waals surface area contributed by atoms with E-state index >= 15 is 0 Å². The minimum Gasteiger partial charge on any atom is -0.361 e. The molecule has 0 radical (unpaired) electrons. The maximum Gasteiger partial charge on any atom is 0.123 e. The van der Waals surface area contributed by atoms with Crippen molar-refractivity contribution in [3.8, 4) is 6.07 Å². The van der Waals surface area contributed by atoms with Gasteiger partial charge in [-0.15, -0.1) is 0 Å². The first-order chi connectivity index (χ1) is 11.5. The molecular formula is C20H22FN2O+. The number of hydrogen-bond donors (Lipinski definition) is 1. The SMILES string of the molecule is C[NH+](C)CCC[C@]1(c2ccc(F)cc2)OCc2cc(C#N)ccc21. The summed E-state index contributed by atoms with van der Waals surface area (Å²) >= 11 is 0. The first-order valence-electron chi connectivity index (χ1n) is 8.28. The van der Waals surface area contributed by atoms with Crippen LogP contribution >= 0.6 is 0 Å². The summed E-state index contributed by atoms with van der Waals surface area (Å²) in [6.07, 6.45) is 1.84. The van der Waals surface area contributed by atoms with Crippen LogP contribution in [0.1, 0.15) is 35.1 Å². The normalized spacial score (nSPS) is 19.3. The summed E-state index contributed by atoms with van der Waals surface area (Å²) in [5, 5.41) is 9.11. The zero-order chi connectivity index (χ0) is 17.2. The van der Waals surface area contributed by atoms with Gasteiger partial charge in [-0.3, -0.25) is 0 Å². The van der Waals surface area contributed by atoms with Gasteiger partial charge in [0.2, 0.25) is 0 Å². The van der Waals surface area contributed by atoms with Crippen LogP contribution in [0.3, 0.4) is 0 Å². The van der Waals surface area contributed by atoms with Crippen molar-refractivity contribution in [3.05, 3.63) is 70.5 Å². The number of ether oxygens (including phenoxy) is 1. The fourth-order valence-electron chi connectivity index (χ4n) is 3.46. The standard InChI is InChI=1S/C20H21FN2O/c1-23(2)11-3-10-20(17-5-7-18(21)8-6-17)19-9-4-15(13-22)12-16(19)14-24-20/h4-9,12H,3,10-11,14H2,1-2H3/p+1/t20-/m1/s1. The maximum absolute atomic E-state index is 13.4. The summed E-state index contributed by atoms with van der Waals surface area (Å²) in [4.78, 5) is 1.39. The zero-order valence-corrected chi connectivity index (χ0v) is 14.1. The molecule has 4 heteroatoms. The van der Waals surface area contributed by atoms with Crippen molar-refractivity contribution in [1.29, 1.82) is 5.26 Å². The molecule has 1 N–H and O–H groups in total. The molecule has 124 valence electrons. The second-order valence-electron chi connectivity index (χ2n) is 6.67. The topological polar surface area (TPSA) is 37.5 Å². The van der Waals surface area contributed by atoms with Gasteiger partial charge in [0.1, 0.15) is 11.4 Å². The monoisotopic (exact) mass is 325 g/mol. The molecule has 0 aliphatic carbocycles. The van der Waals surface area contributed by atoms with Gasteiger partial charge in [-0.25, -0.2) is 4.39 Å². The Labute approximate surface area is 142 Å². The van der Waals surface area contributed by atoms with E-state index in [0.717, 1.165) is 36.1 Å². The average molecular weight is 325 g/mol. The van der Waals surface area contributed by atoms with Gasteiger partial charge in [0.05, 0.1) is 38.9 Å². The van der Waals surface area contributed by atoms with E-state index in [0.29, 0.717) is 12.2 Å². The van der Waals surface area contributed by atoms with Crippen LogP contribution in [0.15, 0.2) is 42.5 Å². The zero-order valence-electron chi connectivity index (χ0n) is 14.1.